The standard InChI is InChI=1S/C15H17F4NO/c16-12-6-4-10(5-7-12)8-14(21)20-13-3-1-2-11(9-13)15(17,18)19/h4-7,11,13H,1-3,8-9H2,(H,20,21)/t11-,13-/m0/s1. The van der Waals surface area contributed by atoms with Crippen LogP contribution in [-0.2, 0) is 11.2 Å². The summed E-state index contributed by atoms with van der Waals surface area (Å²) in [6.45, 7) is 0. The summed E-state index contributed by atoms with van der Waals surface area (Å²) in [5.74, 6) is -2.05. The van der Waals surface area contributed by atoms with Crippen LogP contribution >= 0.6 is 0 Å². The summed E-state index contributed by atoms with van der Waals surface area (Å²) in [5, 5.41) is 2.65. The number of benzene rings is 1. The molecule has 1 fully saturated rings. The zero-order valence-electron chi connectivity index (χ0n) is 11.4. The van der Waals surface area contributed by atoms with Gasteiger partial charge >= 0.3 is 6.18 Å². The lowest BCUT2D eigenvalue weighted by Crippen LogP contribution is -2.42. The van der Waals surface area contributed by atoms with Gasteiger partial charge in [0.2, 0.25) is 5.91 Å². The van der Waals surface area contributed by atoms with Gasteiger partial charge in [0.15, 0.2) is 0 Å². The first-order valence-corrected chi connectivity index (χ1v) is 6.95. The molecule has 1 aliphatic rings. The second-order valence-electron chi connectivity index (χ2n) is 5.47. The number of hydrogen-bond donors (Lipinski definition) is 1. The summed E-state index contributed by atoms with van der Waals surface area (Å²) in [6.07, 6.45) is -3.03. The van der Waals surface area contributed by atoms with Crippen molar-refractivity contribution in [1.29, 1.82) is 0 Å². The molecule has 1 amide bonds. The Bertz CT molecular complexity index is 483. The summed E-state index contributed by atoms with van der Waals surface area (Å²) < 4.78 is 50.8. The molecule has 0 aliphatic heterocycles. The second-order valence-corrected chi connectivity index (χ2v) is 5.47. The van der Waals surface area contributed by atoms with Crippen molar-refractivity contribution in [3.8, 4) is 0 Å². The first-order valence-electron chi connectivity index (χ1n) is 6.95. The molecular weight excluding hydrogens is 286 g/mol. The minimum Gasteiger partial charge on any atom is -0.353 e. The van der Waals surface area contributed by atoms with Crippen LogP contribution in [0.25, 0.3) is 0 Å². The van der Waals surface area contributed by atoms with Crippen LogP contribution in [0.3, 0.4) is 0 Å². The van der Waals surface area contributed by atoms with Crippen molar-refractivity contribution in [3.63, 3.8) is 0 Å². The molecule has 0 unspecified atom stereocenters. The van der Waals surface area contributed by atoms with Gasteiger partial charge in [-0.25, -0.2) is 4.39 Å². The zero-order valence-corrected chi connectivity index (χ0v) is 11.4. The molecule has 0 heterocycles. The Morgan fingerprint density at radius 1 is 1.19 bits per heavy atom. The highest BCUT2D eigenvalue weighted by Crippen LogP contribution is 2.37. The van der Waals surface area contributed by atoms with E-state index < -0.39 is 18.1 Å². The van der Waals surface area contributed by atoms with E-state index in [9.17, 15) is 22.4 Å². The monoisotopic (exact) mass is 303 g/mol. The lowest BCUT2D eigenvalue weighted by molar-refractivity contribution is -0.184. The fourth-order valence-electron chi connectivity index (χ4n) is 2.68. The van der Waals surface area contributed by atoms with Gasteiger partial charge in [0.25, 0.3) is 0 Å². The Morgan fingerprint density at radius 3 is 2.48 bits per heavy atom. The molecule has 2 rings (SSSR count). The smallest absolute Gasteiger partial charge is 0.353 e. The van der Waals surface area contributed by atoms with E-state index in [1.165, 1.54) is 24.3 Å². The predicted molar refractivity (Wildman–Crippen MR) is 70.0 cm³/mol. The van der Waals surface area contributed by atoms with Crippen molar-refractivity contribution in [2.45, 2.75) is 44.3 Å². The summed E-state index contributed by atoms with van der Waals surface area (Å²) in [4.78, 5) is 11.8. The van der Waals surface area contributed by atoms with E-state index in [0.717, 1.165) is 0 Å². The molecule has 0 saturated heterocycles. The Hall–Kier alpha value is -1.59. The summed E-state index contributed by atoms with van der Waals surface area (Å²) in [6, 6.07) is 5.06. The third-order valence-corrected chi connectivity index (χ3v) is 3.78. The predicted octanol–water partition coefficient (Wildman–Crippen LogP) is 3.61. The highest BCUT2D eigenvalue weighted by Gasteiger charge is 2.42. The Kier molecular flexibility index (Phi) is 4.85. The van der Waals surface area contributed by atoms with E-state index in [0.29, 0.717) is 18.4 Å². The topological polar surface area (TPSA) is 29.1 Å². The molecule has 0 aromatic heterocycles. The molecule has 6 heteroatoms. The number of alkyl halides is 3. The number of carbonyl (C=O) groups excluding carboxylic acids is 1. The fourth-order valence-corrected chi connectivity index (χ4v) is 2.68. The van der Waals surface area contributed by atoms with Crippen molar-refractivity contribution in [3.05, 3.63) is 35.6 Å². The SMILES string of the molecule is O=C(Cc1ccc(F)cc1)N[C@H]1CCC[C@H](C(F)(F)F)C1. The van der Waals surface area contributed by atoms with Crippen molar-refractivity contribution in [1.82, 2.24) is 5.32 Å². The highest BCUT2D eigenvalue weighted by molar-refractivity contribution is 5.78. The lowest BCUT2D eigenvalue weighted by atomic mass is 9.85. The van der Waals surface area contributed by atoms with E-state index in [4.69, 9.17) is 0 Å². The van der Waals surface area contributed by atoms with Gasteiger partial charge < -0.3 is 5.32 Å². The van der Waals surface area contributed by atoms with Gasteiger partial charge in [-0.15, -0.1) is 0 Å². The molecule has 1 N–H and O–H groups in total. The molecule has 1 aromatic rings. The molecule has 2 atom stereocenters. The Morgan fingerprint density at radius 2 is 1.86 bits per heavy atom. The van der Waals surface area contributed by atoms with E-state index in [-0.39, 0.29) is 31.0 Å². The minimum absolute atomic E-state index is 0.0491. The average Bonchev–Trinajstić information content (AvgIpc) is 2.41. The van der Waals surface area contributed by atoms with Gasteiger partial charge in [-0.1, -0.05) is 18.6 Å². The van der Waals surface area contributed by atoms with Gasteiger partial charge in [0.1, 0.15) is 5.82 Å². The van der Waals surface area contributed by atoms with Crippen LogP contribution in [0, 0.1) is 11.7 Å². The first kappa shape index (κ1) is 15.8. The van der Waals surface area contributed by atoms with Gasteiger partial charge in [0.05, 0.1) is 12.3 Å². The minimum atomic E-state index is -4.19. The third-order valence-electron chi connectivity index (χ3n) is 3.78. The maximum atomic E-state index is 12.7. The van der Waals surface area contributed by atoms with Crippen LogP contribution in [0.2, 0.25) is 0 Å². The number of rotatable bonds is 3. The van der Waals surface area contributed by atoms with E-state index >= 15 is 0 Å². The molecule has 1 aromatic carbocycles. The van der Waals surface area contributed by atoms with Crippen LogP contribution in [0.15, 0.2) is 24.3 Å². The van der Waals surface area contributed by atoms with Crippen LogP contribution in [0.4, 0.5) is 17.6 Å². The van der Waals surface area contributed by atoms with Crippen LogP contribution in [-0.4, -0.2) is 18.1 Å². The third kappa shape index (κ3) is 4.72. The number of hydrogen-bond acceptors (Lipinski definition) is 1. The molecule has 0 radical (unpaired) electrons. The highest BCUT2D eigenvalue weighted by atomic mass is 19.4. The molecular formula is C15H17F4NO. The number of halogens is 4. The van der Waals surface area contributed by atoms with Gasteiger partial charge in [-0.3, -0.25) is 4.79 Å². The fraction of sp³-hybridized carbons (Fsp3) is 0.533. The van der Waals surface area contributed by atoms with E-state index in [2.05, 4.69) is 5.32 Å². The van der Waals surface area contributed by atoms with Crippen molar-refractivity contribution < 1.29 is 22.4 Å². The van der Waals surface area contributed by atoms with Gasteiger partial charge in [-0.2, -0.15) is 13.2 Å². The second kappa shape index (κ2) is 6.45. The number of carbonyl (C=O) groups is 1. The van der Waals surface area contributed by atoms with Crippen LogP contribution < -0.4 is 5.32 Å². The summed E-state index contributed by atoms with van der Waals surface area (Å²) in [5.41, 5.74) is 0.636. The molecule has 0 bridgehead atoms. The largest absolute Gasteiger partial charge is 0.391 e. The summed E-state index contributed by atoms with van der Waals surface area (Å²) in [7, 11) is 0. The molecule has 116 valence electrons. The van der Waals surface area contributed by atoms with Gasteiger partial charge in [0, 0.05) is 6.04 Å². The Balaban J connectivity index is 1.86. The van der Waals surface area contributed by atoms with Crippen molar-refractivity contribution in [2.75, 3.05) is 0 Å². The molecule has 1 saturated carbocycles. The maximum absolute atomic E-state index is 12.7. The number of nitrogens with one attached hydrogen (secondary N) is 1. The molecule has 1 aliphatic carbocycles. The average molecular weight is 303 g/mol. The normalized spacial score (nSPS) is 22.9. The Labute approximate surface area is 120 Å². The summed E-state index contributed by atoms with van der Waals surface area (Å²) >= 11 is 0. The quantitative estimate of drug-likeness (QED) is 0.849. The lowest BCUT2D eigenvalue weighted by Gasteiger charge is -2.31. The molecule has 0 spiro atoms. The van der Waals surface area contributed by atoms with Crippen LogP contribution in [0.1, 0.15) is 31.2 Å². The van der Waals surface area contributed by atoms with Crippen molar-refractivity contribution >= 4 is 5.91 Å². The van der Waals surface area contributed by atoms with E-state index in [1.807, 2.05) is 0 Å². The van der Waals surface area contributed by atoms with E-state index in [1.54, 1.807) is 0 Å². The first-order chi connectivity index (χ1) is 9.84. The molecule has 2 nitrogen and oxygen atoms in total. The van der Waals surface area contributed by atoms with Gasteiger partial charge in [-0.05, 0) is 37.0 Å². The van der Waals surface area contributed by atoms with Crippen LogP contribution in [0.5, 0.6) is 0 Å². The number of amides is 1. The molecule has 21 heavy (non-hydrogen) atoms. The zero-order chi connectivity index (χ0) is 15.5. The van der Waals surface area contributed by atoms with Crippen molar-refractivity contribution in [2.24, 2.45) is 5.92 Å². The maximum Gasteiger partial charge on any atom is 0.391 e.